The molecule has 0 amide bonds. The molecule has 1 unspecified atom stereocenters. The van der Waals surface area contributed by atoms with Crippen LogP contribution in [0.3, 0.4) is 0 Å². The minimum absolute atomic E-state index is 0.115. The summed E-state index contributed by atoms with van der Waals surface area (Å²) < 4.78 is 22.5. The van der Waals surface area contributed by atoms with Crippen molar-refractivity contribution in [2.45, 2.75) is 39.2 Å². The van der Waals surface area contributed by atoms with Gasteiger partial charge in [0.2, 0.25) is 0 Å². The lowest BCUT2D eigenvalue weighted by atomic mass is 10.00. The average Bonchev–Trinajstić information content (AvgIpc) is 2.36. The van der Waals surface area contributed by atoms with Crippen LogP contribution in [0.4, 0.5) is 0 Å². The summed E-state index contributed by atoms with van der Waals surface area (Å²) in [5.41, 5.74) is 2.11. The van der Waals surface area contributed by atoms with E-state index in [-0.39, 0.29) is 11.8 Å². The topological polar surface area (TPSA) is 46.2 Å². The summed E-state index contributed by atoms with van der Waals surface area (Å²) in [6.07, 6.45) is 3.73. The molecule has 0 aliphatic heterocycles. The fourth-order valence-corrected chi connectivity index (χ4v) is 3.12. The molecule has 0 heterocycles. The van der Waals surface area contributed by atoms with E-state index in [4.69, 9.17) is 11.6 Å². The van der Waals surface area contributed by atoms with Crippen LogP contribution >= 0.6 is 11.6 Å². The molecule has 0 radical (unpaired) electrons. The highest BCUT2D eigenvalue weighted by molar-refractivity contribution is 7.90. The maximum absolute atomic E-state index is 11.2. The molecule has 0 saturated carbocycles. The third-order valence-electron chi connectivity index (χ3n) is 3.25. The summed E-state index contributed by atoms with van der Waals surface area (Å²) in [4.78, 5) is 0. The number of sulfone groups is 1. The van der Waals surface area contributed by atoms with Crippen molar-refractivity contribution in [3.8, 4) is 0 Å². The Morgan fingerprint density at radius 3 is 2.65 bits per heavy atom. The molecule has 1 rings (SSSR count). The number of hydrogen-bond donors (Lipinski definition) is 1. The molecule has 1 aromatic carbocycles. The lowest BCUT2D eigenvalue weighted by molar-refractivity contribution is 0.492. The number of halogens is 1. The molecule has 0 fully saturated rings. The lowest BCUT2D eigenvalue weighted by Gasteiger charge is -2.21. The minimum Gasteiger partial charge on any atom is -0.310 e. The summed E-state index contributed by atoms with van der Waals surface area (Å²) in [5, 5.41) is 4.24. The van der Waals surface area contributed by atoms with Gasteiger partial charge in [0.25, 0.3) is 0 Å². The predicted molar refractivity (Wildman–Crippen MR) is 86.2 cm³/mol. The van der Waals surface area contributed by atoms with Crippen LogP contribution in [0.2, 0.25) is 5.02 Å². The van der Waals surface area contributed by atoms with Crippen LogP contribution in [0.25, 0.3) is 0 Å². The molecular weight excluding hydrogens is 294 g/mol. The van der Waals surface area contributed by atoms with Gasteiger partial charge in [-0.2, -0.15) is 0 Å². The maximum Gasteiger partial charge on any atom is 0.147 e. The third-order valence-corrected chi connectivity index (χ3v) is 4.79. The van der Waals surface area contributed by atoms with Crippen LogP contribution in [-0.2, 0) is 9.84 Å². The van der Waals surface area contributed by atoms with Crippen LogP contribution in [0.5, 0.6) is 0 Å². The summed E-state index contributed by atoms with van der Waals surface area (Å²) in [7, 11) is -2.90. The van der Waals surface area contributed by atoms with Gasteiger partial charge >= 0.3 is 0 Å². The van der Waals surface area contributed by atoms with E-state index in [0.29, 0.717) is 6.42 Å². The lowest BCUT2D eigenvalue weighted by Crippen LogP contribution is -2.23. The van der Waals surface area contributed by atoms with E-state index in [1.54, 1.807) is 0 Å². The van der Waals surface area contributed by atoms with Crippen molar-refractivity contribution in [3.05, 3.63) is 34.3 Å². The van der Waals surface area contributed by atoms with Crippen LogP contribution < -0.4 is 5.32 Å². The van der Waals surface area contributed by atoms with E-state index in [1.807, 2.05) is 25.1 Å². The fourth-order valence-electron chi connectivity index (χ4n) is 2.17. The Labute approximate surface area is 127 Å². The van der Waals surface area contributed by atoms with Gasteiger partial charge in [0.05, 0.1) is 0 Å². The highest BCUT2D eigenvalue weighted by Gasteiger charge is 2.15. The number of nitrogens with one attached hydrogen (secondary N) is 1. The van der Waals surface area contributed by atoms with Crippen LogP contribution in [-0.4, -0.2) is 27.0 Å². The molecule has 1 aromatic rings. The second-order valence-corrected chi connectivity index (χ2v) is 7.89. The molecule has 0 aliphatic rings. The second kappa shape index (κ2) is 8.01. The summed E-state index contributed by atoms with van der Waals surface area (Å²) in [5.74, 6) is 0.223. The maximum atomic E-state index is 11.2. The Morgan fingerprint density at radius 1 is 1.35 bits per heavy atom. The molecule has 0 bridgehead atoms. The molecule has 114 valence electrons. The van der Waals surface area contributed by atoms with Crippen molar-refractivity contribution in [2.75, 3.05) is 18.6 Å². The van der Waals surface area contributed by atoms with Crippen molar-refractivity contribution in [1.29, 1.82) is 0 Å². The predicted octanol–water partition coefficient (Wildman–Crippen LogP) is 3.51. The van der Waals surface area contributed by atoms with Gasteiger partial charge in [-0.3, -0.25) is 0 Å². The van der Waals surface area contributed by atoms with Gasteiger partial charge < -0.3 is 5.32 Å². The van der Waals surface area contributed by atoms with Crippen LogP contribution in [0.15, 0.2) is 18.2 Å². The molecule has 1 atom stereocenters. The first-order valence-electron chi connectivity index (χ1n) is 7.01. The SMILES string of the molecule is CCCNC(CCCS(C)(=O)=O)c1cccc(C)c1Cl. The number of hydrogen-bond acceptors (Lipinski definition) is 3. The standard InChI is InChI=1S/C15H24ClNO2S/c1-4-10-17-14(9-6-11-20(3,18)19)13-8-5-7-12(2)15(13)16/h5,7-8,14,17H,4,6,9-11H2,1-3H3. The van der Waals surface area contributed by atoms with E-state index in [2.05, 4.69) is 12.2 Å². The van der Waals surface area contributed by atoms with E-state index in [0.717, 1.165) is 35.5 Å². The van der Waals surface area contributed by atoms with Crippen molar-refractivity contribution in [2.24, 2.45) is 0 Å². The average molecular weight is 318 g/mol. The first-order valence-corrected chi connectivity index (χ1v) is 9.45. The summed E-state index contributed by atoms with van der Waals surface area (Å²) in [6.45, 7) is 4.99. The zero-order valence-corrected chi connectivity index (χ0v) is 14.0. The Morgan fingerprint density at radius 2 is 2.05 bits per heavy atom. The Hall–Kier alpha value is -0.580. The number of rotatable bonds is 8. The van der Waals surface area contributed by atoms with Crippen LogP contribution in [0.1, 0.15) is 43.4 Å². The zero-order valence-electron chi connectivity index (χ0n) is 12.4. The molecule has 5 heteroatoms. The van der Waals surface area contributed by atoms with E-state index in [9.17, 15) is 8.42 Å². The first-order chi connectivity index (χ1) is 9.35. The largest absolute Gasteiger partial charge is 0.310 e. The Kier molecular flexibility index (Phi) is 7.00. The van der Waals surface area contributed by atoms with Gasteiger partial charge in [-0.25, -0.2) is 8.42 Å². The monoisotopic (exact) mass is 317 g/mol. The van der Waals surface area contributed by atoms with Crippen molar-refractivity contribution in [1.82, 2.24) is 5.32 Å². The second-order valence-electron chi connectivity index (χ2n) is 5.26. The number of benzene rings is 1. The Bertz CT molecular complexity index is 529. The molecule has 3 nitrogen and oxygen atoms in total. The van der Waals surface area contributed by atoms with E-state index >= 15 is 0 Å². The van der Waals surface area contributed by atoms with Gasteiger partial charge in [-0.15, -0.1) is 0 Å². The molecule has 0 saturated heterocycles. The van der Waals surface area contributed by atoms with Crippen molar-refractivity contribution in [3.63, 3.8) is 0 Å². The van der Waals surface area contributed by atoms with Crippen LogP contribution in [0, 0.1) is 6.92 Å². The minimum atomic E-state index is -2.90. The molecular formula is C15H24ClNO2S. The van der Waals surface area contributed by atoms with Gasteiger partial charge in [0.15, 0.2) is 0 Å². The molecule has 0 spiro atoms. The van der Waals surface area contributed by atoms with Crippen molar-refractivity contribution >= 4 is 21.4 Å². The highest BCUT2D eigenvalue weighted by Crippen LogP contribution is 2.29. The van der Waals surface area contributed by atoms with Gasteiger partial charge in [0.1, 0.15) is 9.84 Å². The smallest absolute Gasteiger partial charge is 0.147 e. The molecule has 20 heavy (non-hydrogen) atoms. The summed E-state index contributed by atoms with van der Waals surface area (Å²) in [6, 6.07) is 6.11. The molecule has 0 aromatic heterocycles. The molecule has 1 N–H and O–H groups in total. The number of aryl methyl sites for hydroxylation is 1. The quantitative estimate of drug-likeness (QED) is 0.798. The fraction of sp³-hybridized carbons (Fsp3) is 0.600. The normalized spacial score (nSPS) is 13.4. The van der Waals surface area contributed by atoms with Gasteiger partial charge in [-0.05, 0) is 43.9 Å². The van der Waals surface area contributed by atoms with Gasteiger partial charge in [0, 0.05) is 23.1 Å². The third kappa shape index (κ3) is 5.81. The molecule has 0 aliphatic carbocycles. The summed E-state index contributed by atoms with van der Waals surface area (Å²) >= 11 is 6.38. The van der Waals surface area contributed by atoms with E-state index < -0.39 is 9.84 Å². The van der Waals surface area contributed by atoms with Gasteiger partial charge in [-0.1, -0.05) is 36.7 Å². The van der Waals surface area contributed by atoms with E-state index in [1.165, 1.54) is 6.26 Å². The Balaban J connectivity index is 2.80. The zero-order chi connectivity index (χ0) is 15.2. The van der Waals surface area contributed by atoms with Crippen molar-refractivity contribution < 1.29 is 8.42 Å². The highest BCUT2D eigenvalue weighted by atomic mass is 35.5. The first kappa shape index (κ1) is 17.5.